The van der Waals surface area contributed by atoms with Crippen LogP contribution in [0.1, 0.15) is 48.7 Å². The Bertz CT molecular complexity index is 709. The van der Waals surface area contributed by atoms with E-state index in [0.717, 1.165) is 18.9 Å². The van der Waals surface area contributed by atoms with Crippen molar-refractivity contribution >= 4 is 5.91 Å². The maximum atomic E-state index is 12.7. The summed E-state index contributed by atoms with van der Waals surface area (Å²) in [6.07, 6.45) is 5.25. The first-order valence-electron chi connectivity index (χ1n) is 8.44. The molecular weight excluding hydrogens is 302 g/mol. The topological polar surface area (TPSA) is 54.3 Å². The smallest absolute Gasteiger partial charge is 0.256 e. The lowest BCUT2D eigenvalue weighted by Crippen LogP contribution is -2.42. The fourth-order valence-corrected chi connectivity index (χ4v) is 3.06. The first-order valence-corrected chi connectivity index (χ1v) is 8.44. The van der Waals surface area contributed by atoms with Crippen molar-refractivity contribution in [2.24, 2.45) is 0 Å². The number of nitrogens with zero attached hydrogens (tertiary/aromatic N) is 5. The molecule has 1 atom stereocenters. The average Bonchev–Trinajstić information content (AvgIpc) is 2.99. The molecule has 24 heavy (non-hydrogen) atoms. The maximum absolute atomic E-state index is 12.7. The number of fused-ring (bicyclic) bond motifs is 1. The normalized spacial score (nSPS) is 17.4. The van der Waals surface area contributed by atoms with Crippen LogP contribution in [-0.2, 0) is 13.1 Å². The molecule has 0 radical (unpaired) electrons. The molecule has 2 aromatic heterocycles. The van der Waals surface area contributed by atoms with Crippen LogP contribution in [0.2, 0.25) is 0 Å². The van der Waals surface area contributed by atoms with Gasteiger partial charge in [0.15, 0.2) is 0 Å². The average molecular weight is 327 g/mol. The van der Waals surface area contributed by atoms with Crippen LogP contribution in [0.5, 0.6) is 0 Å². The van der Waals surface area contributed by atoms with Crippen molar-refractivity contribution in [3.63, 3.8) is 0 Å². The molecule has 128 valence electrons. The fraction of sp³-hybridized carbons (Fsp3) is 0.500. The third-order valence-electron chi connectivity index (χ3n) is 4.84. The first-order chi connectivity index (χ1) is 11.5. The molecule has 0 N–H and O–H groups in total. The second kappa shape index (κ2) is 6.73. The van der Waals surface area contributed by atoms with Crippen LogP contribution in [0.4, 0.5) is 0 Å². The Kier molecular flexibility index (Phi) is 4.66. The Morgan fingerprint density at radius 3 is 2.83 bits per heavy atom. The van der Waals surface area contributed by atoms with Gasteiger partial charge in [0.05, 0.1) is 17.3 Å². The van der Waals surface area contributed by atoms with Gasteiger partial charge in [-0.2, -0.15) is 0 Å². The van der Waals surface area contributed by atoms with Crippen LogP contribution in [0.25, 0.3) is 0 Å². The highest BCUT2D eigenvalue weighted by Gasteiger charge is 2.31. The van der Waals surface area contributed by atoms with Crippen molar-refractivity contribution < 1.29 is 4.79 Å². The van der Waals surface area contributed by atoms with E-state index in [1.54, 1.807) is 18.5 Å². The molecule has 1 aliphatic rings. The molecule has 6 nitrogen and oxygen atoms in total. The predicted molar refractivity (Wildman–Crippen MR) is 92.5 cm³/mol. The van der Waals surface area contributed by atoms with E-state index in [0.29, 0.717) is 18.2 Å². The van der Waals surface area contributed by atoms with E-state index in [1.165, 1.54) is 5.69 Å². The molecule has 0 fully saturated rings. The third-order valence-corrected chi connectivity index (χ3v) is 4.84. The minimum Gasteiger partial charge on any atom is -0.327 e. The zero-order valence-electron chi connectivity index (χ0n) is 14.8. The van der Waals surface area contributed by atoms with Gasteiger partial charge >= 0.3 is 0 Å². The third kappa shape index (κ3) is 3.06. The van der Waals surface area contributed by atoms with E-state index in [9.17, 15) is 4.79 Å². The lowest BCUT2D eigenvalue weighted by Gasteiger charge is -2.35. The second-order valence-corrected chi connectivity index (χ2v) is 6.68. The van der Waals surface area contributed by atoms with Crippen molar-refractivity contribution in [1.29, 1.82) is 0 Å². The summed E-state index contributed by atoms with van der Waals surface area (Å²) in [7, 11) is 2.12. The van der Waals surface area contributed by atoms with E-state index in [1.807, 2.05) is 24.1 Å². The van der Waals surface area contributed by atoms with E-state index >= 15 is 0 Å². The minimum atomic E-state index is -0.0374. The molecule has 1 amide bonds. The molecule has 3 heterocycles. The quantitative estimate of drug-likeness (QED) is 0.865. The fourth-order valence-electron chi connectivity index (χ4n) is 3.06. The van der Waals surface area contributed by atoms with Gasteiger partial charge in [0, 0.05) is 44.3 Å². The van der Waals surface area contributed by atoms with Crippen LogP contribution in [0.15, 0.2) is 30.7 Å². The number of hydrogen-bond donors (Lipinski definition) is 0. The van der Waals surface area contributed by atoms with Gasteiger partial charge < -0.3 is 9.47 Å². The Labute approximate surface area is 143 Å². The van der Waals surface area contributed by atoms with E-state index < -0.39 is 0 Å². The summed E-state index contributed by atoms with van der Waals surface area (Å²) in [6, 6.07) is 4.06. The Balaban J connectivity index is 1.80. The number of aromatic nitrogens is 3. The molecule has 0 aliphatic carbocycles. The summed E-state index contributed by atoms with van der Waals surface area (Å²) in [6.45, 7) is 8.76. The van der Waals surface area contributed by atoms with Crippen molar-refractivity contribution in [2.75, 3.05) is 13.6 Å². The molecule has 1 unspecified atom stereocenters. The van der Waals surface area contributed by atoms with Gasteiger partial charge in [-0.15, -0.1) is 0 Å². The van der Waals surface area contributed by atoms with Gasteiger partial charge in [0.25, 0.3) is 5.91 Å². The predicted octanol–water partition coefficient (Wildman–Crippen LogP) is 2.34. The Morgan fingerprint density at radius 1 is 1.38 bits per heavy atom. The van der Waals surface area contributed by atoms with Gasteiger partial charge in [-0.25, -0.2) is 4.98 Å². The van der Waals surface area contributed by atoms with Crippen LogP contribution in [0, 0.1) is 0 Å². The number of amides is 1. The summed E-state index contributed by atoms with van der Waals surface area (Å²) < 4.78 is 2.26. The minimum absolute atomic E-state index is 0.0192. The van der Waals surface area contributed by atoms with Crippen molar-refractivity contribution in [3.05, 3.63) is 47.8 Å². The van der Waals surface area contributed by atoms with Crippen molar-refractivity contribution in [1.82, 2.24) is 24.3 Å². The van der Waals surface area contributed by atoms with E-state index in [-0.39, 0.29) is 11.9 Å². The number of pyridine rings is 1. The molecule has 0 aromatic carbocycles. The maximum Gasteiger partial charge on any atom is 0.256 e. The highest BCUT2D eigenvalue weighted by molar-refractivity contribution is 5.94. The van der Waals surface area contributed by atoms with Gasteiger partial charge in [-0.3, -0.25) is 14.7 Å². The van der Waals surface area contributed by atoms with Crippen LogP contribution < -0.4 is 0 Å². The number of carbonyl (C=O) groups excluding carboxylic acids is 1. The van der Waals surface area contributed by atoms with Gasteiger partial charge in [0.1, 0.15) is 5.82 Å². The molecular formula is C18H25N5O. The first kappa shape index (κ1) is 16.6. The Morgan fingerprint density at radius 2 is 2.17 bits per heavy atom. The van der Waals surface area contributed by atoms with Crippen LogP contribution >= 0.6 is 0 Å². The van der Waals surface area contributed by atoms with Crippen LogP contribution in [0.3, 0.4) is 0 Å². The van der Waals surface area contributed by atoms with E-state index in [2.05, 4.69) is 40.3 Å². The highest BCUT2D eigenvalue weighted by Crippen LogP contribution is 2.27. The number of rotatable bonds is 4. The van der Waals surface area contributed by atoms with Crippen LogP contribution in [-0.4, -0.2) is 49.9 Å². The SMILES string of the molecule is CC(C)N(C)Cc1cnc2n1CCN(C(=O)c1cccnc1)C2C. The number of hydrogen-bond acceptors (Lipinski definition) is 4. The summed E-state index contributed by atoms with van der Waals surface area (Å²) in [5.74, 6) is 0.983. The molecule has 0 spiro atoms. The van der Waals surface area contributed by atoms with Crippen molar-refractivity contribution in [3.8, 4) is 0 Å². The largest absolute Gasteiger partial charge is 0.327 e. The molecule has 0 bridgehead atoms. The molecule has 2 aromatic rings. The standard InChI is InChI=1S/C18H25N5O/c1-13(2)21(4)12-16-11-20-17-14(3)22(8-9-23(16)17)18(24)15-6-5-7-19-10-15/h5-7,10-11,13-14H,8-9,12H2,1-4H3. The van der Waals surface area contributed by atoms with Gasteiger partial charge in [-0.1, -0.05) is 0 Å². The molecule has 3 rings (SSSR count). The van der Waals surface area contributed by atoms with E-state index in [4.69, 9.17) is 0 Å². The number of carbonyl (C=O) groups is 1. The van der Waals surface area contributed by atoms with Crippen molar-refractivity contribution in [2.45, 2.75) is 45.9 Å². The van der Waals surface area contributed by atoms with Gasteiger partial charge in [-0.05, 0) is 40.0 Å². The Hall–Kier alpha value is -2.21. The second-order valence-electron chi connectivity index (χ2n) is 6.68. The monoisotopic (exact) mass is 327 g/mol. The molecule has 6 heteroatoms. The summed E-state index contributed by atoms with van der Waals surface area (Å²) >= 11 is 0. The lowest BCUT2D eigenvalue weighted by atomic mass is 10.1. The summed E-state index contributed by atoms with van der Waals surface area (Å²) in [5, 5.41) is 0. The molecule has 1 aliphatic heterocycles. The summed E-state index contributed by atoms with van der Waals surface area (Å²) in [4.78, 5) is 25.6. The molecule has 0 saturated heterocycles. The summed E-state index contributed by atoms with van der Waals surface area (Å²) in [5.41, 5.74) is 1.84. The zero-order valence-corrected chi connectivity index (χ0v) is 14.8. The zero-order chi connectivity index (χ0) is 17.3. The van der Waals surface area contributed by atoms with Gasteiger partial charge in [0.2, 0.25) is 0 Å². The highest BCUT2D eigenvalue weighted by atomic mass is 16.2. The number of imidazole rings is 1. The lowest BCUT2D eigenvalue weighted by molar-refractivity contribution is 0.0634. The molecule has 0 saturated carbocycles.